The van der Waals surface area contributed by atoms with Crippen LogP contribution in [0.3, 0.4) is 0 Å². The first kappa shape index (κ1) is 14.4. The van der Waals surface area contributed by atoms with Crippen LogP contribution in [0.5, 0.6) is 0 Å². The number of hydrogen-bond donors (Lipinski definition) is 0. The van der Waals surface area contributed by atoms with Crippen LogP contribution in [-0.2, 0) is 11.8 Å². The predicted molar refractivity (Wildman–Crippen MR) is 77.9 cm³/mol. The fourth-order valence-corrected chi connectivity index (χ4v) is 3.30. The zero-order valence-corrected chi connectivity index (χ0v) is 13.3. The van der Waals surface area contributed by atoms with Crippen molar-refractivity contribution >= 4 is 6.09 Å². The Bertz CT molecular complexity index is 542. The van der Waals surface area contributed by atoms with Gasteiger partial charge in [0.15, 0.2) is 0 Å². The van der Waals surface area contributed by atoms with Crippen molar-refractivity contribution in [3.8, 4) is 0 Å². The molecule has 1 aliphatic heterocycles. The van der Waals surface area contributed by atoms with Crippen molar-refractivity contribution in [3.05, 3.63) is 12.2 Å². The van der Waals surface area contributed by atoms with Gasteiger partial charge in [-0.3, -0.25) is 0 Å². The van der Waals surface area contributed by atoms with Crippen molar-refractivity contribution in [1.82, 2.24) is 19.7 Å². The summed E-state index contributed by atoms with van der Waals surface area (Å²) in [7, 11) is 1.98. The fraction of sp³-hybridized carbons (Fsp3) is 0.800. The highest BCUT2D eigenvalue weighted by molar-refractivity contribution is 5.70. The van der Waals surface area contributed by atoms with Gasteiger partial charge in [0, 0.05) is 25.0 Å². The van der Waals surface area contributed by atoms with Gasteiger partial charge >= 0.3 is 6.09 Å². The Morgan fingerprint density at radius 2 is 2.14 bits per heavy atom. The number of carbonyl (C=O) groups is 1. The van der Waals surface area contributed by atoms with Crippen LogP contribution in [-0.4, -0.2) is 43.4 Å². The first-order valence-electron chi connectivity index (χ1n) is 7.65. The van der Waals surface area contributed by atoms with E-state index in [0.29, 0.717) is 5.92 Å². The third-order valence-electron chi connectivity index (χ3n) is 4.45. The Hall–Kier alpha value is -1.59. The van der Waals surface area contributed by atoms with Gasteiger partial charge in [-0.15, -0.1) is 10.2 Å². The van der Waals surface area contributed by atoms with Crippen molar-refractivity contribution in [2.75, 3.05) is 6.54 Å². The minimum absolute atomic E-state index is 0.00278. The zero-order valence-electron chi connectivity index (χ0n) is 13.3. The van der Waals surface area contributed by atoms with E-state index in [1.54, 1.807) is 6.33 Å². The van der Waals surface area contributed by atoms with E-state index < -0.39 is 5.60 Å². The van der Waals surface area contributed by atoms with Crippen LogP contribution in [0, 0.1) is 0 Å². The number of aryl methyl sites for hydroxylation is 1. The van der Waals surface area contributed by atoms with E-state index in [2.05, 4.69) is 10.2 Å². The maximum atomic E-state index is 12.4. The second kappa shape index (κ2) is 4.71. The minimum atomic E-state index is -0.437. The minimum Gasteiger partial charge on any atom is -0.444 e. The SMILES string of the molecule is Cn1cnnc1C1CCN(C(=O)OC(C)(C)C)C2(CC2)C1. The molecule has 0 aromatic carbocycles. The van der Waals surface area contributed by atoms with Gasteiger partial charge in [0.2, 0.25) is 0 Å². The topological polar surface area (TPSA) is 60.2 Å². The lowest BCUT2D eigenvalue weighted by Crippen LogP contribution is -2.49. The number of aromatic nitrogens is 3. The van der Waals surface area contributed by atoms with E-state index in [9.17, 15) is 4.79 Å². The Morgan fingerprint density at radius 3 is 2.67 bits per heavy atom. The summed E-state index contributed by atoms with van der Waals surface area (Å²) in [6.07, 6.45) is 5.61. The fourth-order valence-electron chi connectivity index (χ4n) is 3.30. The van der Waals surface area contributed by atoms with Crippen molar-refractivity contribution in [1.29, 1.82) is 0 Å². The van der Waals surface area contributed by atoms with Crippen molar-refractivity contribution in [3.63, 3.8) is 0 Å². The molecule has 21 heavy (non-hydrogen) atoms. The molecule has 1 saturated heterocycles. The smallest absolute Gasteiger partial charge is 0.410 e. The maximum absolute atomic E-state index is 12.4. The van der Waals surface area contributed by atoms with Crippen molar-refractivity contribution in [2.45, 2.75) is 63.5 Å². The second-order valence-corrected chi connectivity index (χ2v) is 7.35. The molecule has 2 heterocycles. The van der Waals surface area contributed by atoms with E-state index in [1.165, 1.54) is 0 Å². The van der Waals surface area contributed by atoms with E-state index in [1.807, 2.05) is 37.3 Å². The van der Waals surface area contributed by atoms with Crippen LogP contribution in [0.25, 0.3) is 0 Å². The monoisotopic (exact) mass is 292 g/mol. The number of carbonyl (C=O) groups excluding carboxylic acids is 1. The van der Waals surface area contributed by atoms with Crippen LogP contribution in [0.2, 0.25) is 0 Å². The van der Waals surface area contributed by atoms with Crippen LogP contribution >= 0.6 is 0 Å². The van der Waals surface area contributed by atoms with Gasteiger partial charge in [-0.1, -0.05) is 0 Å². The lowest BCUT2D eigenvalue weighted by atomic mass is 9.88. The van der Waals surface area contributed by atoms with E-state index >= 15 is 0 Å². The third-order valence-corrected chi connectivity index (χ3v) is 4.45. The molecule has 0 radical (unpaired) electrons. The van der Waals surface area contributed by atoms with Crippen LogP contribution < -0.4 is 0 Å². The number of nitrogens with zero attached hydrogens (tertiary/aromatic N) is 4. The van der Waals surface area contributed by atoms with Gasteiger partial charge < -0.3 is 14.2 Å². The summed E-state index contributed by atoms with van der Waals surface area (Å²) in [5.41, 5.74) is -0.440. The Labute approximate surface area is 125 Å². The molecule has 1 aromatic rings. The largest absolute Gasteiger partial charge is 0.444 e. The normalized spacial score (nSPS) is 24.2. The first-order chi connectivity index (χ1) is 9.81. The van der Waals surface area contributed by atoms with Crippen LogP contribution in [0.4, 0.5) is 4.79 Å². The standard InChI is InChI=1S/C15H24N4O2/c1-14(2,3)21-13(20)19-8-5-11(9-15(19)6-7-15)12-17-16-10-18(12)4/h10-11H,5-9H2,1-4H3. The molecule has 1 saturated carbocycles. The number of likely N-dealkylation sites (tertiary alicyclic amines) is 1. The lowest BCUT2D eigenvalue weighted by molar-refractivity contribution is 0.00331. The number of amides is 1. The number of piperidine rings is 1. The molecule has 1 amide bonds. The number of hydrogen-bond acceptors (Lipinski definition) is 4. The van der Waals surface area contributed by atoms with Gasteiger partial charge in [0.25, 0.3) is 0 Å². The molecular weight excluding hydrogens is 268 g/mol. The van der Waals surface area contributed by atoms with Crippen molar-refractivity contribution in [2.24, 2.45) is 7.05 Å². The molecule has 2 aliphatic rings. The van der Waals surface area contributed by atoms with E-state index in [-0.39, 0.29) is 11.6 Å². The molecule has 6 nitrogen and oxygen atoms in total. The molecular formula is C15H24N4O2. The maximum Gasteiger partial charge on any atom is 0.410 e. The number of rotatable bonds is 1. The molecule has 1 aromatic heterocycles. The Balaban J connectivity index is 1.72. The molecule has 116 valence electrons. The third kappa shape index (κ3) is 2.76. The molecule has 1 atom stereocenters. The first-order valence-corrected chi connectivity index (χ1v) is 7.65. The molecule has 0 bridgehead atoms. The van der Waals surface area contributed by atoms with E-state index in [0.717, 1.165) is 38.1 Å². The summed E-state index contributed by atoms with van der Waals surface area (Å²) >= 11 is 0. The van der Waals surface area contributed by atoms with Gasteiger partial charge in [0.1, 0.15) is 17.8 Å². The molecule has 1 aliphatic carbocycles. The molecule has 0 N–H and O–H groups in total. The van der Waals surface area contributed by atoms with Gasteiger partial charge in [-0.2, -0.15) is 0 Å². The van der Waals surface area contributed by atoms with Gasteiger partial charge in [-0.25, -0.2) is 4.79 Å². The summed E-state index contributed by atoms with van der Waals surface area (Å²) in [6, 6.07) is 0. The van der Waals surface area contributed by atoms with E-state index in [4.69, 9.17) is 4.74 Å². The van der Waals surface area contributed by atoms with Gasteiger partial charge in [-0.05, 0) is 46.5 Å². The molecule has 3 rings (SSSR count). The summed E-state index contributed by atoms with van der Waals surface area (Å²) < 4.78 is 7.55. The predicted octanol–water partition coefficient (Wildman–Crippen LogP) is 2.46. The second-order valence-electron chi connectivity index (χ2n) is 7.35. The summed E-state index contributed by atoms with van der Waals surface area (Å²) in [4.78, 5) is 14.3. The average Bonchev–Trinajstić information content (AvgIpc) is 2.97. The number of ether oxygens (including phenoxy) is 1. The van der Waals surface area contributed by atoms with Crippen molar-refractivity contribution < 1.29 is 9.53 Å². The van der Waals surface area contributed by atoms with Crippen LogP contribution in [0.1, 0.15) is 58.2 Å². The summed E-state index contributed by atoms with van der Waals surface area (Å²) in [5.74, 6) is 1.42. The average molecular weight is 292 g/mol. The molecule has 1 unspecified atom stereocenters. The lowest BCUT2D eigenvalue weighted by Gasteiger charge is -2.40. The highest BCUT2D eigenvalue weighted by atomic mass is 16.6. The summed E-state index contributed by atoms with van der Waals surface area (Å²) in [6.45, 7) is 6.48. The Morgan fingerprint density at radius 1 is 1.43 bits per heavy atom. The van der Waals surface area contributed by atoms with Gasteiger partial charge in [0.05, 0.1) is 0 Å². The van der Waals surface area contributed by atoms with Crippen LogP contribution in [0.15, 0.2) is 6.33 Å². The highest BCUT2D eigenvalue weighted by Crippen LogP contribution is 2.52. The summed E-state index contributed by atoms with van der Waals surface area (Å²) in [5, 5.41) is 8.22. The quantitative estimate of drug-likeness (QED) is 0.797. The molecule has 6 heteroatoms. The Kier molecular flexibility index (Phi) is 3.22. The highest BCUT2D eigenvalue weighted by Gasteiger charge is 2.55. The molecule has 2 fully saturated rings. The zero-order chi connectivity index (χ0) is 15.3. The molecule has 1 spiro atoms.